The summed E-state index contributed by atoms with van der Waals surface area (Å²) in [5.74, 6) is 0.533. The molecule has 1 amide bonds. The number of nitrogens with zero attached hydrogens (tertiary/aromatic N) is 4. The summed E-state index contributed by atoms with van der Waals surface area (Å²) in [6.45, 7) is 3.63. The summed E-state index contributed by atoms with van der Waals surface area (Å²) in [5, 5.41) is 11.3. The van der Waals surface area contributed by atoms with Gasteiger partial charge in [0.15, 0.2) is 13.2 Å². The van der Waals surface area contributed by atoms with E-state index < -0.39 is 0 Å². The van der Waals surface area contributed by atoms with Crippen molar-refractivity contribution in [2.45, 2.75) is 20.0 Å². The molecule has 152 valence electrons. The van der Waals surface area contributed by atoms with Gasteiger partial charge in [0.1, 0.15) is 5.75 Å². The van der Waals surface area contributed by atoms with Gasteiger partial charge in [0, 0.05) is 0 Å². The van der Waals surface area contributed by atoms with Crippen molar-refractivity contribution in [2.75, 3.05) is 25.5 Å². The van der Waals surface area contributed by atoms with Crippen LogP contribution in [-0.2, 0) is 11.5 Å². The first-order valence-electron chi connectivity index (χ1n) is 9.47. The van der Waals surface area contributed by atoms with Crippen LogP contribution < -0.4 is 15.0 Å². The lowest BCUT2D eigenvalue weighted by Gasteiger charge is -2.18. The van der Waals surface area contributed by atoms with E-state index in [2.05, 4.69) is 22.7 Å². The molecule has 0 radical (unpaired) electrons. The van der Waals surface area contributed by atoms with E-state index in [4.69, 9.17) is 17.0 Å². The number of para-hydroxylation sites is 3. The third-order valence-electron chi connectivity index (χ3n) is 4.41. The van der Waals surface area contributed by atoms with Gasteiger partial charge in [-0.25, -0.2) is 0 Å². The Bertz CT molecular complexity index is 1000. The Labute approximate surface area is 174 Å². The van der Waals surface area contributed by atoms with Crippen LogP contribution in [0.4, 0.5) is 5.69 Å². The molecule has 0 spiro atoms. The normalized spacial score (nSPS) is 11.8. The molecule has 3 rings (SSSR count). The molecule has 2 N–H and O–H groups in total. The number of tetrazole rings is 1. The Morgan fingerprint density at radius 2 is 1.86 bits per heavy atom. The average molecular weight is 414 g/mol. The maximum absolute atomic E-state index is 12.6. The highest BCUT2D eigenvalue weighted by atomic mass is 32.1. The van der Waals surface area contributed by atoms with Gasteiger partial charge in [-0.1, -0.05) is 37.3 Å². The number of hydrogen-bond acceptors (Lipinski definition) is 5. The van der Waals surface area contributed by atoms with E-state index in [1.54, 1.807) is 16.5 Å². The molecule has 1 aromatic heterocycles. The van der Waals surface area contributed by atoms with Gasteiger partial charge in [0.25, 0.3) is 5.91 Å². The van der Waals surface area contributed by atoms with Crippen LogP contribution in [0.3, 0.4) is 0 Å². The number of hydrogen-bond donors (Lipinski definition) is 2. The van der Waals surface area contributed by atoms with E-state index in [1.165, 1.54) is 0 Å². The van der Waals surface area contributed by atoms with Crippen molar-refractivity contribution in [3.05, 3.63) is 59.4 Å². The molecule has 29 heavy (non-hydrogen) atoms. The Balaban J connectivity index is 1.70. The lowest BCUT2D eigenvalue weighted by atomic mass is 10.3. The number of benzene rings is 2. The molecular formula is C20H25N6O2S+. The van der Waals surface area contributed by atoms with Gasteiger partial charge in [-0.15, -0.1) is 0 Å². The number of aromatic nitrogens is 4. The van der Waals surface area contributed by atoms with Gasteiger partial charge in [0.2, 0.25) is 4.77 Å². The van der Waals surface area contributed by atoms with Gasteiger partial charge in [0.05, 0.1) is 25.0 Å². The number of rotatable bonds is 9. The van der Waals surface area contributed by atoms with Crippen LogP contribution in [0.5, 0.6) is 5.75 Å². The van der Waals surface area contributed by atoms with Crippen LogP contribution in [0.25, 0.3) is 5.69 Å². The molecule has 8 nitrogen and oxygen atoms in total. The molecule has 0 aliphatic carbocycles. The molecule has 0 aliphatic rings. The first-order valence-corrected chi connectivity index (χ1v) is 9.88. The third-order valence-corrected chi connectivity index (χ3v) is 4.79. The first kappa shape index (κ1) is 20.7. The maximum Gasteiger partial charge on any atom is 0.279 e. The lowest BCUT2D eigenvalue weighted by molar-refractivity contribution is -0.915. The summed E-state index contributed by atoms with van der Waals surface area (Å²) in [4.78, 5) is 13.6. The Morgan fingerprint density at radius 1 is 1.14 bits per heavy atom. The molecule has 9 heteroatoms. The zero-order chi connectivity index (χ0) is 20.6. The van der Waals surface area contributed by atoms with E-state index in [0.29, 0.717) is 22.9 Å². The van der Waals surface area contributed by atoms with Crippen LogP contribution >= 0.6 is 12.2 Å². The molecule has 1 heterocycles. The van der Waals surface area contributed by atoms with Crippen LogP contribution in [0.1, 0.15) is 13.3 Å². The summed E-state index contributed by atoms with van der Waals surface area (Å²) >= 11 is 5.53. The number of carbonyl (C=O) groups is 1. The second-order valence-corrected chi connectivity index (χ2v) is 6.96. The fourth-order valence-electron chi connectivity index (χ4n) is 3.06. The van der Waals surface area contributed by atoms with Crippen molar-refractivity contribution in [3.63, 3.8) is 0 Å². The molecule has 0 bridgehead atoms. The Kier molecular flexibility index (Phi) is 7.09. The molecule has 0 fully saturated rings. The van der Waals surface area contributed by atoms with Crippen molar-refractivity contribution < 1.29 is 14.4 Å². The second-order valence-electron chi connectivity index (χ2n) is 6.59. The standard InChI is InChI=1S/C20H24N6O2S/c1-3-13-24(14-19(27)21-17-11-7-8-12-18(17)28-2)15-25-20(29)26(23-22-25)16-9-5-4-6-10-16/h4-12H,3,13-15H2,1-2H3,(H,21,27)/p+1. The first-order chi connectivity index (χ1) is 14.1. The monoisotopic (exact) mass is 413 g/mol. The average Bonchev–Trinajstić information content (AvgIpc) is 3.09. The number of amides is 1. The van der Waals surface area contributed by atoms with Gasteiger partial charge >= 0.3 is 0 Å². The van der Waals surface area contributed by atoms with Crippen molar-refractivity contribution in [1.82, 2.24) is 19.8 Å². The fourth-order valence-corrected chi connectivity index (χ4v) is 3.31. The lowest BCUT2D eigenvalue weighted by Crippen LogP contribution is -3.12. The number of ether oxygens (including phenoxy) is 1. The minimum absolute atomic E-state index is 0.0973. The molecule has 0 aliphatic heterocycles. The molecule has 3 aromatic rings. The summed E-state index contributed by atoms with van der Waals surface area (Å²) in [6, 6.07) is 17.0. The number of methoxy groups -OCH3 is 1. The van der Waals surface area contributed by atoms with Crippen LogP contribution in [0, 0.1) is 4.77 Å². The molecule has 1 atom stereocenters. The van der Waals surface area contributed by atoms with Gasteiger partial charge in [-0.2, -0.15) is 9.36 Å². The van der Waals surface area contributed by atoms with E-state index >= 15 is 0 Å². The SMILES string of the molecule is CCC[NH+](CC(=O)Nc1ccccc1OC)Cn1nnn(-c2ccccc2)c1=S. The third kappa shape index (κ3) is 5.27. The second kappa shape index (κ2) is 9.94. The molecule has 0 saturated carbocycles. The summed E-state index contributed by atoms with van der Waals surface area (Å²) in [5.41, 5.74) is 1.51. The van der Waals surface area contributed by atoms with Crippen molar-refractivity contribution in [2.24, 2.45) is 0 Å². The Morgan fingerprint density at radius 3 is 2.59 bits per heavy atom. The minimum atomic E-state index is -0.0973. The number of anilines is 1. The van der Waals surface area contributed by atoms with E-state index in [9.17, 15) is 4.79 Å². The maximum atomic E-state index is 12.6. The van der Waals surface area contributed by atoms with E-state index in [0.717, 1.165) is 23.6 Å². The quantitative estimate of drug-likeness (QED) is 0.522. The zero-order valence-corrected chi connectivity index (χ0v) is 17.4. The predicted molar refractivity (Wildman–Crippen MR) is 113 cm³/mol. The molecule has 1 unspecified atom stereocenters. The van der Waals surface area contributed by atoms with Crippen LogP contribution in [0.15, 0.2) is 54.6 Å². The highest BCUT2D eigenvalue weighted by molar-refractivity contribution is 7.71. The summed E-state index contributed by atoms with van der Waals surface area (Å²) in [6.07, 6.45) is 0.928. The zero-order valence-electron chi connectivity index (χ0n) is 16.5. The number of nitrogens with one attached hydrogen (secondary N) is 2. The fraction of sp³-hybridized carbons (Fsp3) is 0.300. The molecule has 2 aromatic carbocycles. The number of quaternary nitrogens is 1. The van der Waals surface area contributed by atoms with Gasteiger partial charge < -0.3 is 15.0 Å². The largest absolute Gasteiger partial charge is 0.495 e. The van der Waals surface area contributed by atoms with Gasteiger partial charge in [-0.3, -0.25) is 4.79 Å². The smallest absolute Gasteiger partial charge is 0.279 e. The Hall–Kier alpha value is -3.04. The number of carbonyl (C=O) groups excluding carboxylic acids is 1. The van der Waals surface area contributed by atoms with Crippen molar-refractivity contribution in [3.8, 4) is 11.4 Å². The van der Waals surface area contributed by atoms with Crippen molar-refractivity contribution in [1.29, 1.82) is 0 Å². The van der Waals surface area contributed by atoms with E-state index in [1.807, 2.05) is 54.6 Å². The minimum Gasteiger partial charge on any atom is -0.495 e. The van der Waals surface area contributed by atoms with Crippen LogP contribution in [0.2, 0.25) is 0 Å². The van der Waals surface area contributed by atoms with Crippen LogP contribution in [-0.4, -0.2) is 45.9 Å². The van der Waals surface area contributed by atoms with Crippen molar-refractivity contribution >= 4 is 23.8 Å². The highest BCUT2D eigenvalue weighted by Gasteiger charge is 2.17. The van der Waals surface area contributed by atoms with E-state index in [-0.39, 0.29) is 12.5 Å². The summed E-state index contributed by atoms with van der Waals surface area (Å²) in [7, 11) is 1.58. The highest BCUT2D eigenvalue weighted by Crippen LogP contribution is 2.22. The molecule has 0 saturated heterocycles. The molecular weight excluding hydrogens is 388 g/mol. The topological polar surface area (TPSA) is 78.4 Å². The predicted octanol–water partition coefficient (Wildman–Crippen LogP) is 1.70. The van der Waals surface area contributed by atoms with Gasteiger partial charge in [-0.05, 0) is 53.3 Å². The summed E-state index contributed by atoms with van der Waals surface area (Å²) < 4.78 is 9.07.